The van der Waals surface area contributed by atoms with Gasteiger partial charge in [-0.3, -0.25) is 9.59 Å². The molecule has 6 rings (SSSR count). The molecular formula is C29H25Cl2FN2O4. The van der Waals surface area contributed by atoms with E-state index >= 15 is 0 Å². The van der Waals surface area contributed by atoms with E-state index in [0.717, 1.165) is 12.8 Å². The Labute approximate surface area is 229 Å². The third-order valence-corrected chi connectivity index (χ3v) is 8.22. The summed E-state index contributed by atoms with van der Waals surface area (Å²) in [5.74, 6) is -1.16. The normalized spacial score (nSPS) is 25.1. The van der Waals surface area contributed by atoms with E-state index in [0.29, 0.717) is 51.4 Å². The second-order valence-electron chi connectivity index (χ2n) is 9.94. The van der Waals surface area contributed by atoms with Gasteiger partial charge in [0.2, 0.25) is 11.8 Å². The SMILES string of the molecule is O=C1C[C@@H](c2cccc(F)c2)[C@]2(C(=O)Nc3cc(Cl)ccc32)[C@@H](c2cc(Cl)ccc2OC2CCOCC2)N1. The highest BCUT2D eigenvalue weighted by atomic mass is 35.5. The molecule has 3 aliphatic rings. The fourth-order valence-electron chi connectivity index (χ4n) is 6.10. The lowest BCUT2D eigenvalue weighted by molar-refractivity contribution is -0.131. The fourth-order valence-corrected chi connectivity index (χ4v) is 6.45. The van der Waals surface area contributed by atoms with Gasteiger partial charge in [-0.05, 0) is 53.6 Å². The Hall–Kier alpha value is -3.13. The zero-order valence-electron chi connectivity index (χ0n) is 20.3. The summed E-state index contributed by atoms with van der Waals surface area (Å²) in [5, 5.41) is 6.97. The minimum absolute atomic E-state index is 0.00778. The topological polar surface area (TPSA) is 76.7 Å². The van der Waals surface area contributed by atoms with Crippen LogP contribution < -0.4 is 15.4 Å². The molecule has 0 radical (unpaired) electrons. The van der Waals surface area contributed by atoms with Gasteiger partial charge in [0, 0.05) is 46.5 Å². The molecular weight excluding hydrogens is 530 g/mol. The number of hydrogen-bond acceptors (Lipinski definition) is 4. The lowest BCUT2D eigenvalue weighted by Gasteiger charge is -2.46. The molecule has 38 heavy (non-hydrogen) atoms. The Morgan fingerprint density at radius 2 is 1.74 bits per heavy atom. The van der Waals surface area contributed by atoms with Crippen LogP contribution in [0.3, 0.4) is 0 Å². The van der Waals surface area contributed by atoms with Crippen molar-refractivity contribution < 1.29 is 23.5 Å². The van der Waals surface area contributed by atoms with Crippen molar-refractivity contribution in [2.24, 2.45) is 0 Å². The summed E-state index contributed by atoms with van der Waals surface area (Å²) in [7, 11) is 0. The van der Waals surface area contributed by atoms with Gasteiger partial charge in [-0.15, -0.1) is 0 Å². The number of benzene rings is 3. The monoisotopic (exact) mass is 554 g/mol. The van der Waals surface area contributed by atoms with Crippen LogP contribution >= 0.6 is 23.2 Å². The van der Waals surface area contributed by atoms with E-state index in [2.05, 4.69) is 10.6 Å². The van der Waals surface area contributed by atoms with E-state index in [9.17, 15) is 14.0 Å². The van der Waals surface area contributed by atoms with Crippen LogP contribution in [0.1, 0.15) is 47.9 Å². The third-order valence-electron chi connectivity index (χ3n) is 7.75. The molecule has 2 fully saturated rings. The molecule has 0 aliphatic carbocycles. The van der Waals surface area contributed by atoms with Crippen LogP contribution in [0, 0.1) is 5.82 Å². The molecule has 3 aliphatic heterocycles. The summed E-state index contributed by atoms with van der Waals surface area (Å²) in [5.41, 5.74) is 1.04. The molecule has 0 saturated carbocycles. The van der Waals surface area contributed by atoms with Crippen molar-refractivity contribution in [2.45, 2.75) is 42.7 Å². The summed E-state index contributed by atoms with van der Waals surface area (Å²) < 4.78 is 26.4. The number of nitrogens with one attached hydrogen (secondary N) is 2. The van der Waals surface area contributed by atoms with Gasteiger partial charge in [0.05, 0.1) is 19.3 Å². The van der Waals surface area contributed by atoms with Gasteiger partial charge >= 0.3 is 0 Å². The van der Waals surface area contributed by atoms with Crippen molar-refractivity contribution >= 4 is 40.7 Å². The van der Waals surface area contributed by atoms with Crippen molar-refractivity contribution in [2.75, 3.05) is 18.5 Å². The molecule has 196 valence electrons. The Balaban J connectivity index is 1.57. The molecule has 2 N–H and O–H groups in total. The zero-order valence-corrected chi connectivity index (χ0v) is 21.8. The number of fused-ring (bicyclic) bond motifs is 2. The smallest absolute Gasteiger partial charge is 0.238 e. The van der Waals surface area contributed by atoms with Crippen molar-refractivity contribution in [1.29, 1.82) is 0 Å². The number of carbonyl (C=O) groups is 2. The largest absolute Gasteiger partial charge is 0.490 e. The first-order valence-electron chi connectivity index (χ1n) is 12.6. The number of piperidine rings is 1. The van der Waals surface area contributed by atoms with Gasteiger partial charge in [0.25, 0.3) is 0 Å². The number of carbonyl (C=O) groups excluding carboxylic acids is 2. The zero-order chi connectivity index (χ0) is 26.4. The van der Waals surface area contributed by atoms with Crippen LogP contribution in [0.15, 0.2) is 60.7 Å². The molecule has 1 spiro atoms. The molecule has 3 aromatic rings. The number of hydrogen-bond donors (Lipinski definition) is 2. The molecule has 3 aromatic carbocycles. The number of rotatable bonds is 4. The first-order chi connectivity index (χ1) is 18.4. The standard InChI is InChI=1S/C29H25Cl2FN2O4/c30-17-5-7-25(38-20-8-10-37-11-9-20)21(13-17)27-29(22-6-4-18(31)14-24(22)33-28(29)36)23(15-26(35)34-27)16-2-1-3-19(32)12-16/h1-7,12-14,20,23,27H,8-11,15H2,(H,33,36)(H,34,35)/t23-,27+,29-/m0/s1. The summed E-state index contributed by atoms with van der Waals surface area (Å²) in [4.78, 5) is 27.4. The summed E-state index contributed by atoms with van der Waals surface area (Å²) >= 11 is 12.8. The van der Waals surface area contributed by atoms with Crippen molar-refractivity contribution in [1.82, 2.24) is 5.32 Å². The molecule has 3 heterocycles. The average molecular weight is 555 g/mol. The summed E-state index contributed by atoms with van der Waals surface area (Å²) in [6, 6.07) is 15.7. The highest BCUT2D eigenvalue weighted by Gasteiger charge is 2.61. The molecule has 9 heteroatoms. The van der Waals surface area contributed by atoms with E-state index in [4.69, 9.17) is 32.7 Å². The molecule has 6 nitrogen and oxygen atoms in total. The predicted molar refractivity (Wildman–Crippen MR) is 142 cm³/mol. The second-order valence-corrected chi connectivity index (χ2v) is 10.8. The maximum Gasteiger partial charge on any atom is 0.238 e. The van der Waals surface area contributed by atoms with Crippen molar-refractivity contribution in [3.63, 3.8) is 0 Å². The summed E-state index contributed by atoms with van der Waals surface area (Å²) in [6.07, 6.45) is 1.35. The van der Waals surface area contributed by atoms with Crippen LogP contribution in [0.2, 0.25) is 10.0 Å². The van der Waals surface area contributed by atoms with Crippen LogP contribution in [0.5, 0.6) is 5.75 Å². The van der Waals surface area contributed by atoms with Gasteiger partial charge in [0.1, 0.15) is 23.1 Å². The van der Waals surface area contributed by atoms with Crippen molar-refractivity contribution in [3.05, 3.63) is 93.2 Å². The maximum atomic E-state index is 14.5. The molecule has 0 unspecified atom stereocenters. The quantitative estimate of drug-likeness (QED) is 0.419. The van der Waals surface area contributed by atoms with E-state index in [1.165, 1.54) is 12.1 Å². The highest BCUT2D eigenvalue weighted by molar-refractivity contribution is 6.31. The fraction of sp³-hybridized carbons (Fsp3) is 0.310. The van der Waals surface area contributed by atoms with Gasteiger partial charge < -0.3 is 20.1 Å². The van der Waals surface area contributed by atoms with Crippen LogP contribution in [0.25, 0.3) is 0 Å². The molecule has 2 amide bonds. The first kappa shape index (κ1) is 25.2. The predicted octanol–water partition coefficient (Wildman–Crippen LogP) is 5.93. The first-order valence-corrected chi connectivity index (χ1v) is 13.3. The maximum absolute atomic E-state index is 14.5. The molecule has 2 saturated heterocycles. The number of amides is 2. The molecule has 0 aromatic heterocycles. The van der Waals surface area contributed by atoms with Gasteiger partial charge in [0.15, 0.2) is 0 Å². The van der Waals surface area contributed by atoms with Gasteiger partial charge in [-0.1, -0.05) is 41.4 Å². The average Bonchev–Trinajstić information content (AvgIpc) is 3.18. The Kier molecular flexibility index (Phi) is 6.54. The Morgan fingerprint density at radius 3 is 2.53 bits per heavy atom. The lowest BCUT2D eigenvalue weighted by atomic mass is 9.59. The highest BCUT2D eigenvalue weighted by Crippen LogP contribution is 2.58. The molecule has 3 atom stereocenters. The van der Waals surface area contributed by atoms with Gasteiger partial charge in [-0.2, -0.15) is 0 Å². The van der Waals surface area contributed by atoms with Crippen molar-refractivity contribution in [3.8, 4) is 5.75 Å². The van der Waals surface area contributed by atoms with Crippen LogP contribution in [0.4, 0.5) is 10.1 Å². The number of ether oxygens (including phenoxy) is 2. The lowest BCUT2D eigenvalue weighted by Crippen LogP contribution is -2.57. The van der Waals surface area contributed by atoms with Crippen LogP contribution in [-0.4, -0.2) is 31.1 Å². The van der Waals surface area contributed by atoms with E-state index in [1.54, 1.807) is 48.5 Å². The molecule has 0 bridgehead atoms. The minimum Gasteiger partial charge on any atom is -0.490 e. The van der Waals surface area contributed by atoms with Crippen LogP contribution in [-0.2, 0) is 19.7 Å². The Morgan fingerprint density at radius 1 is 0.974 bits per heavy atom. The van der Waals surface area contributed by atoms with E-state index < -0.39 is 23.2 Å². The summed E-state index contributed by atoms with van der Waals surface area (Å²) in [6.45, 7) is 1.19. The minimum atomic E-state index is -1.32. The second kappa shape index (κ2) is 9.88. The van der Waals surface area contributed by atoms with E-state index in [-0.39, 0.29) is 24.3 Å². The van der Waals surface area contributed by atoms with E-state index in [1.807, 2.05) is 0 Å². The number of anilines is 1. The Bertz CT molecular complexity index is 1430. The third kappa shape index (κ3) is 4.23. The van der Waals surface area contributed by atoms with Gasteiger partial charge in [-0.25, -0.2) is 4.39 Å². The number of halogens is 3.